The minimum absolute atomic E-state index is 0.352. The molecule has 0 saturated carbocycles. The fourth-order valence-electron chi connectivity index (χ4n) is 4.14. The molecule has 0 saturated heterocycles. The van der Waals surface area contributed by atoms with E-state index < -0.39 is 5.60 Å². The molecule has 8 nitrogen and oxygen atoms in total. The zero-order valence-electron chi connectivity index (χ0n) is 17.9. The highest BCUT2D eigenvalue weighted by Gasteiger charge is 2.38. The van der Waals surface area contributed by atoms with Crippen LogP contribution in [0, 0.1) is 5.82 Å². The summed E-state index contributed by atoms with van der Waals surface area (Å²) in [6.45, 7) is 0.636. The minimum atomic E-state index is -1.35. The first-order valence-corrected chi connectivity index (χ1v) is 10.9. The molecule has 0 fully saturated rings. The van der Waals surface area contributed by atoms with Crippen molar-refractivity contribution in [2.75, 3.05) is 12.4 Å². The lowest BCUT2D eigenvalue weighted by Crippen LogP contribution is -2.30. The zero-order chi connectivity index (χ0) is 23.0. The molecule has 10 heteroatoms. The summed E-state index contributed by atoms with van der Waals surface area (Å²) in [7, 11) is 1.58. The average Bonchev–Trinajstić information content (AvgIpc) is 3.39. The van der Waals surface area contributed by atoms with Gasteiger partial charge in [-0.15, -0.1) is 5.10 Å². The normalized spacial score (nSPS) is 17.9. The fourth-order valence-corrected chi connectivity index (χ4v) is 4.29. The Balaban J connectivity index is 1.47. The molecular formula is C23H22ClFN6O2. The van der Waals surface area contributed by atoms with Gasteiger partial charge in [0.2, 0.25) is 5.95 Å². The van der Waals surface area contributed by atoms with E-state index in [1.54, 1.807) is 41.0 Å². The molecule has 0 spiro atoms. The number of methoxy groups -OCH3 is 1. The van der Waals surface area contributed by atoms with Crippen LogP contribution < -0.4 is 10.1 Å². The third-order valence-corrected chi connectivity index (χ3v) is 5.98. The average molecular weight is 469 g/mol. The third kappa shape index (κ3) is 4.05. The van der Waals surface area contributed by atoms with E-state index in [2.05, 4.69) is 20.4 Å². The molecule has 1 aliphatic heterocycles. The van der Waals surface area contributed by atoms with Crippen LogP contribution in [0.4, 0.5) is 16.0 Å². The van der Waals surface area contributed by atoms with Crippen LogP contribution in [-0.2, 0) is 12.1 Å². The molecule has 0 amide bonds. The Kier molecular flexibility index (Phi) is 5.51. The number of aromatic nitrogens is 5. The van der Waals surface area contributed by atoms with E-state index in [0.29, 0.717) is 46.9 Å². The van der Waals surface area contributed by atoms with Crippen LogP contribution in [0.15, 0.2) is 55.0 Å². The van der Waals surface area contributed by atoms with E-state index in [1.165, 1.54) is 12.1 Å². The molecule has 33 heavy (non-hydrogen) atoms. The predicted octanol–water partition coefficient (Wildman–Crippen LogP) is 4.43. The van der Waals surface area contributed by atoms with Gasteiger partial charge in [-0.05, 0) is 49.1 Å². The quantitative estimate of drug-likeness (QED) is 0.450. The lowest BCUT2D eigenvalue weighted by molar-refractivity contribution is 0.0604. The molecule has 0 aliphatic carbocycles. The number of nitrogens with one attached hydrogen (secondary N) is 1. The van der Waals surface area contributed by atoms with Crippen molar-refractivity contribution >= 4 is 23.2 Å². The maximum atomic E-state index is 13.5. The van der Waals surface area contributed by atoms with E-state index in [4.69, 9.17) is 16.3 Å². The maximum absolute atomic E-state index is 13.5. The Morgan fingerprint density at radius 1 is 1.18 bits per heavy atom. The Morgan fingerprint density at radius 2 is 2.00 bits per heavy atom. The summed E-state index contributed by atoms with van der Waals surface area (Å²) in [4.78, 5) is 8.66. The van der Waals surface area contributed by atoms with Crippen molar-refractivity contribution in [3.8, 4) is 11.4 Å². The van der Waals surface area contributed by atoms with Gasteiger partial charge in [0, 0.05) is 24.5 Å². The Labute approximate surface area is 194 Å². The van der Waals surface area contributed by atoms with Gasteiger partial charge in [-0.2, -0.15) is 4.98 Å². The molecule has 2 aromatic carbocycles. The first kappa shape index (κ1) is 21.4. The second-order valence-corrected chi connectivity index (χ2v) is 8.31. The number of aliphatic hydroxyl groups is 1. The summed E-state index contributed by atoms with van der Waals surface area (Å²) in [5.41, 5.74) is 0.741. The van der Waals surface area contributed by atoms with Gasteiger partial charge < -0.3 is 19.7 Å². The molecule has 1 aliphatic rings. The van der Waals surface area contributed by atoms with Crippen LogP contribution in [0.3, 0.4) is 0 Å². The number of fused-ring (bicyclic) bond motifs is 1. The maximum Gasteiger partial charge on any atom is 0.246 e. The molecular weight excluding hydrogens is 447 g/mol. The highest BCUT2D eigenvalue weighted by molar-refractivity contribution is 6.29. The van der Waals surface area contributed by atoms with Gasteiger partial charge >= 0.3 is 0 Å². The molecule has 1 atom stereocenters. The second-order valence-electron chi connectivity index (χ2n) is 7.92. The third-order valence-electron chi connectivity index (χ3n) is 5.79. The van der Waals surface area contributed by atoms with Gasteiger partial charge in [-0.1, -0.05) is 23.7 Å². The van der Waals surface area contributed by atoms with Crippen molar-refractivity contribution in [1.29, 1.82) is 0 Å². The number of hydrogen-bond donors (Lipinski definition) is 2. The van der Waals surface area contributed by atoms with Crippen molar-refractivity contribution in [1.82, 2.24) is 24.3 Å². The van der Waals surface area contributed by atoms with Crippen LogP contribution in [-0.4, -0.2) is 36.5 Å². The molecule has 2 aromatic heterocycles. The summed E-state index contributed by atoms with van der Waals surface area (Å²) >= 11 is 5.94. The highest BCUT2D eigenvalue weighted by atomic mass is 35.5. The summed E-state index contributed by atoms with van der Waals surface area (Å²) in [5.74, 6) is 1.05. The number of imidazole rings is 1. The first-order chi connectivity index (χ1) is 16.0. The topological polar surface area (TPSA) is 90.0 Å². The SMILES string of the molecule is COc1cc(Nc2nc3n(n2)CCCCC3(O)c2ccc(F)cc2)ccc1-n1cnc(Cl)c1. The van der Waals surface area contributed by atoms with Gasteiger partial charge in [0.05, 0.1) is 12.8 Å². The molecule has 1 unspecified atom stereocenters. The molecule has 170 valence electrons. The smallest absolute Gasteiger partial charge is 0.246 e. The summed E-state index contributed by atoms with van der Waals surface area (Å²) in [6.07, 6.45) is 5.44. The molecule has 5 rings (SSSR count). The number of halogens is 2. The lowest BCUT2D eigenvalue weighted by atomic mass is 9.88. The largest absolute Gasteiger partial charge is 0.494 e. The van der Waals surface area contributed by atoms with Gasteiger partial charge in [0.15, 0.2) is 5.82 Å². The monoisotopic (exact) mass is 468 g/mol. The van der Waals surface area contributed by atoms with Crippen LogP contribution >= 0.6 is 11.6 Å². The van der Waals surface area contributed by atoms with E-state index >= 15 is 0 Å². The molecule has 4 aromatic rings. The van der Waals surface area contributed by atoms with Crippen molar-refractivity contribution in [2.45, 2.75) is 31.4 Å². The summed E-state index contributed by atoms with van der Waals surface area (Å²) in [5, 5.41) is 19.7. The van der Waals surface area contributed by atoms with E-state index in [9.17, 15) is 9.50 Å². The van der Waals surface area contributed by atoms with Crippen LogP contribution in [0.2, 0.25) is 5.15 Å². The van der Waals surface area contributed by atoms with Crippen LogP contribution in [0.1, 0.15) is 30.7 Å². The number of hydrogen-bond acceptors (Lipinski definition) is 6. The van der Waals surface area contributed by atoms with Crippen LogP contribution in [0.5, 0.6) is 5.75 Å². The Morgan fingerprint density at radius 3 is 2.73 bits per heavy atom. The number of benzene rings is 2. The molecule has 0 bridgehead atoms. The zero-order valence-corrected chi connectivity index (χ0v) is 18.6. The van der Waals surface area contributed by atoms with Gasteiger partial charge in [0.25, 0.3) is 0 Å². The minimum Gasteiger partial charge on any atom is -0.494 e. The molecule has 2 N–H and O–H groups in total. The second kappa shape index (κ2) is 8.49. The molecule has 3 heterocycles. The van der Waals surface area contributed by atoms with Crippen molar-refractivity contribution in [2.24, 2.45) is 0 Å². The van der Waals surface area contributed by atoms with Gasteiger partial charge in [0.1, 0.15) is 28.6 Å². The van der Waals surface area contributed by atoms with Crippen molar-refractivity contribution < 1.29 is 14.2 Å². The van der Waals surface area contributed by atoms with Crippen molar-refractivity contribution in [3.05, 3.63) is 77.3 Å². The van der Waals surface area contributed by atoms with E-state index in [0.717, 1.165) is 18.5 Å². The van der Waals surface area contributed by atoms with Crippen LogP contribution in [0.25, 0.3) is 5.69 Å². The van der Waals surface area contributed by atoms with Gasteiger partial charge in [-0.3, -0.25) is 0 Å². The van der Waals surface area contributed by atoms with Crippen molar-refractivity contribution in [3.63, 3.8) is 0 Å². The Bertz CT molecular complexity index is 1290. The standard InChI is InChI=1S/C23H22ClFN6O2/c1-33-19-12-17(8-9-18(19)30-13-20(24)26-14-30)27-22-28-21-23(32,10-2-3-11-31(21)29-22)15-4-6-16(25)7-5-15/h4-9,12-14,32H,2-3,10-11H2,1H3,(H,27,29). The number of aryl methyl sites for hydroxylation is 1. The first-order valence-electron chi connectivity index (χ1n) is 10.5. The highest BCUT2D eigenvalue weighted by Crippen LogP contribution is 2.37. The van der Waals surface area contributed by atoms with Gasteiger partial charge in [-0.25, -0.2) is 14.1 Å². The number of anilines is 2. The lowest BCUT2D eigenvalue weighted by Gasteiger charge is -2.26. The predicted molar refractivity (Wildman–Crippen MR) is 122 cm³/mol. The number of nitrogens with zero attached hydrogens (tertiary/aromatic N) is 5. The summed E-state index contributed by atoms with van der Waals surface area (Å²) < 4.78 is 22.5. The van der Waals surface area contributed by atoms with E-state index in [-0.39, 0.29) is 5.82 Å². The summed E-state index contributed by atoms with van der Waals surface area (Å²) in [6, 6.07) is 11.4. The number of rotatable bonds is 5. The van der Waals surface area contributed by atoms with E-state index in [1.807, 2.05) is 18.2 Å². The number of ether oxygens (including phenoxy) is 1. The Hall–Kier alpha value is -3.43. The molecule has 0 radical (unpaired) electrons. The fraction of sp³-hybridized carbons (Fsp3) is 0.261.